The summed E-state index contributed by atoms with van der Waals surface area (Å²) in [7, 11) is 1.54. The number of hydrogen-bond acceptors (Lipinski definition) is 2. The first kappa shape index (κ1) is 8.84. The Balaban J connectivity index is 2.86. The molecule has 0 aliphatic rings. The van der Waals surface area contributed by atoms with Crippen LogP contribution in [0.15, 0.2) is 23.1 Å². The predicted molar refractivity (Wildman–Crippen MR) is 44.3 cm³/mol. The van der Waals surface area contributed by atoms with E-state index in [2.05, 4.69) is 0 Å². The lowest BCUT2D eigenvalue weighted by Gasteiger charge is -1.98. The maximum Gasteiger partial charge on any atom is 0.141 e. The topological polar surface area (TPSA) is 9.23 Å². The molecule has 0 atom stereocenters. The molecule has 1 nitrogen and oxygen atoms in total. The quantitative estimate of drug-likeness (QED) is 0.666. The second kappa shape index (κ2) is 3.95. The molecule has 1 aromatic carbocycles. The first-order chi connectivity index (χ1) is 5.24. The van der Waals surface area contributed by atoms with Crippen molar-refractivity contribution in [2.75, 3.05) is 7.11 Å². The van der Waals surface area contributed by atoms with Crippen molar-refractivity contribution in [1.82, 2.24) is 0 Å². The fraction of sp³-hybridized carbons (Fsp3) is 0.143. The van der Waals surface area contributed by atoms with Gasteiger partial charge in [0.25, 0.3) is 0 Å². The average Bonchev–Trinajstić information content (AvgIpc) is 1.98. The van der Waals surface area contributed by atoms with Gasteiger partial charge in [0.05, 0.1) is 12.1 Å². The third-order valence-corrected chi connectivity index (χ3v) is 1.97. The SMILES string of the molecule is COSc1ccc(F)c(Cl)c1. The van der Waals surface area contributed by atoms with E-state index in [1.54, 1.807) is 13.2 Å². The molecule has 0 spiro atoms. The second-order valence-electron chi connectivity index (χ2n) is 1.83. The summed E-state index contributed by atoms with van der Waals surface area (Å²) < 4.78 is 17.3. The summed E-state index contributed by atoms with van der Waals surface area (Å²) in [6.45, 7) is 0. The van der Waals surface area contributed by atoms with Crippen molar-refractivity contribution in [2.24, 2.45) is 0 Å². The smallest absolute Gasteiger partial charge is 0.141 e. The van der Waals surface area contributed by atoms with Gasteiger partial charge in [0, 0.05) is 16.9 Å². The fourth-order valence-electron chi connectivity index (χ4n) is 0.625. The van der Waals surface area contributed by atoms with Crippen LogP contribution in [-0.2, 0) is 4.18 Å². The number of halogens is 2. The first-order valence-electron chi connectivity index (χ1n) is 2.90. The Hall–Kier alpha value is -0.250. The molecule has 0 aliphatic carbocycles. The maximum atomic E-state index is 12.6. The van der Waals surface area contributed by atoms with Crippen LogP contribution in [0.4, 0.5) is 4.39 Å². The van der Waals surface area contributed by atoms with E-state index in [-0.39, 0.29) is 5.02 Å². The van der Waals surface area contributed by atoms with E-state index in [9.17, 15) is 4.39 Å². The standard InChI is InChI=1S/C7H6ClFOS/c1-10-11-5-2-3-7(9)6(8)4-5/h2-4H,1H3. The summed E-state index contributed by atoms with van der Waals surface area (Å²) in [5.74, 6) is -0.410. The zero-order valence-corrected chi connectivity index (χ0v) is 7.38. The van der Waals surface area contributed by atoms with Crippen molar-refractivity contribution in [3.63, 3.8) is 0 Å². The van der Waals surface area contributed by atoms with Gasteiger partial charge in [-0.25, -0.2) is 4.39 Å². The van der Waals surface area contributed by atoms with Crippen molar-refractivity contribution in [3.8, 4) is 0 Å². The molecule has 0 saturated heterocycles. The molecule has 0 amide bonds. The summed E-state index contributed by atoms with van der Waals surface area (Å²) >= 11 is 6.65. The van der Waals surface area contributed by atoms with E-state index in [4.69, 9.17) is 15.8 Å². The molecule has 0 bridgehead atoms. The Kier molecular flexibility index (Phi) is 3.17. The minimum atomic E-state index is -0.410. The van der Waals surface area contributed by atoms with Crippen LogP contribution in [0.5, 0.6) is 0 Å². The number of rotatable bonds is 2. The lowest BCUT2D eigenvalue weighted by Crippen LogP contribution is -1.77. The Morgan fingerprint density at radius 3 is 2.82 bits per heavy atom. The molecule has 0 N–H and O–H groups in total. The predicted octanol–water partition coefficient (Wildman–Crippen LogP) is 3.13. The highest BCUT2D eigenvalue weighted by atomic mass is 35.5. The zero-order valence-electron chi connectivity index (χ0n) is 5.80. The third kappa shape index (κ3) is 2.36. The second-order valence-corrected chi connectivity index (χ2v) is 3.20. The van der Waals surface area contributed by atoms with Crippen molar-refractivity contribution < 1.29 is 8.57 Å². The molecule has 60 valence electrons. The van der Waals surface area contributed by atoms with Crippen molar-refractivity contribution in [2.45, 2.75) is 4.90 Å². The lowest BCUT2D eigenvalue weighted by molar-refractivity contribution is 0.489. The van der Waals surface area contributed by atoms with Crippen LogP contribution in [0.1, 0.15) is 0 Å². The molecule has 1 rings (SSSR count). The Morgan fingerprint density at radius 1 is 1.55 bits per heavy atom. The van der Waals surface area contributed by atoms with E-state index in [0.29, 0.717) is 0 Å². The van der Waals surface area contributed by atoms with Crippen molar-refractivity contribution >= 4 is 23.6 Å². The highest BCUT2D eigenvalue weighted by Crippen LogP contribution is 2.23. The van der Waals surface area contributed by atoms with Gasteiger partial charge in [-0.05, 0) is 18.2 Å². The highest BCUT2D eigenvalue weighted by Gasteiger charge is 2.00. The van der Waals surface area contributed by atoms with Gasteiger partial charge in [-0.3, -0.25) is 0 Å². The van der Waals surface area contributed by atoms with Gasteiger partial charge in [-0.1, -0.05) is 11.6 Å². The minimum absolute atomic E-state index is 0.118. The van der Waals surface area contributed by atoms with Crippen LogP contribution in [0.2, 0.25) is 5.02 Å². The summed E-state index contributed by atoms with van der Waals surface area (Å²) in [5, 5.41) is 0.118. The normalized spacial score (nSPS) is 10.1. The lowest BCUT2D eigenvalue weighted by atomic mass is 10.3. The monoisotopic (exact) mass is 192 g/mol. The van der Waals surface area contributed by atoms with Gasteiger partial charge < -0.3 is 4.18 Å². The van der Waals surface area contributed by atoms with Gasteiger partial charge in [0.15, 0.2) is 0 Å². The highest BCUT2D eigenvalue weighted by molar-refractivity contribution is 7.94. The van der Waals surface area contributed by atoms with E-state index in [1.165, 1.54) is 12.1 Å². The van der Waals surface area contributed by atoms with E-state index < -0.39 is 5.82 Å². The van der Waals surface area contributed by atoms with Gasteiger partial charge in [-0.2, -0.15) is 0 Å². The third-order valence-electron chi connectivity index (χ3n) is 1.07. The summed E-state index contributed by atoms with van der Waals surface area (Å²) in [5.41, 5.74) is 0. The fourth-order valence-corrected chi connectivity index (χ4v) is 1.35. The van der Waals surface area contributed by atoms with Crippen molar-refractivity contribution in [3.05, 3.63) is 29.0 Å². The van der Waals surface area contributed by atoms with Crippen LogP contribution >= 0.6 is 23.6 Å². The van der Waals surface area contributed by atoms with E-state index in [1.807, 2.05) is 0 Å². The first-order valence-corrected chi connectivity index (χ1v) is 4.01. The molecular formula is C7H6ClFOS. The van der Waals surface area contributed by atoms with Gasteiger partial charge in [-0.15, -0.1) is 0 Å². The number of hydrogen-bond donors (Lipinski definition) is 0. The Bertz CT molecular complexity index is 254. The molecular weight excluding hydrogens is 187 g/mol. The molecule has 0 saturated carbocycles. The van der Waals surface area contributed by atoms with Crippen LogP contribution < -0.4 is 0 Å². The van der Waals surface area contributed by atoms with E-state index >= 15 is 0 Å². The molecule has 0 unspecified atom stereocenters. The Labute approximate surface area is 73.7 Å². The molecule has 0 fully saturated rings. The van der Waals surface area contributed by atoms with E-state index in [0.717, 1.165) is 16.9 Å². The molecule has 0 heterocycles. The molecule has 4 heteroatoms. The van der Waals surface area contributed by atoms with Crippen LogP contribution in [-0.4, -0.2) is 7.11 Å². The molecule has 0 radical (unpaired) electrons. The average molecular weight is 193 g/mol. The largest absolute Gasteiger partial charge is 0.314 e. The minimum Gasteiger partial charge on any atom is -0.314 e. The molecule has 0 aliphatic heterocycles. The molecule has 1 aromatic rings. The zero-order chi connectivity index (χ0) is 8.27. The van der Waals surface area contributed by atoms with Crippen LogP contribution in [0, 0.1) is 5.82 Å². The van der Waals surface area contributed by atoms with Crippen LogP contribution in [0.3, 0.4) is 0 Å². The van der Waals surface area contributed by atoms with Gasteiger partial charge >= 0.3 is 0 Å². The Morgan fingerprint density at radius 2 is 2.27 bits per heavy atom. The van der Waals surface area contributed by atoms with Crippen molar-refractivity contribution in [1.29, 1.82) is 0 Å². The van der Waals surface area contributed by atoms with Gasteiger partial charge in [0.2, 0.25) is 0 Å². The molecule has 11 heavy (non-hydrogen) atoms. The summed E-state index contributed by atoms with van der Waals surface area (Å²) in [6.07, 6.45) is 0. The van der Waals surface area contributed by atoms with Crippen LogP contribution in [0.25, 0.3) is 0 Å². The molecule has 0 aromatic heterocycles. The summed E-state index contributed by atoms with van der Waals surface area (Å²) in [6, 6.07) is 4.43. The number of benzene rings is 1. The van der Waals surface area contributed by atoms with Gasteiger partial charge in [0.1, 0.15) is 5.82 Å². The summed E-state index contributed by atoms with van der Waals surface area (Å²) in [4.78, 5) is 0.791. The maximum absolute atomic E-state index is 12.6.